The van der Waals surface area contributed by atoms with E-state index in [2.05, 4.69) is 15.4 Å². The van der Waals surface area contributed by atoms with Gasteiger partial charge in [-0.05, 0) is 42.8 Å². The first-order valence-electron chi connectivity index (χ1n) is 9.67. The van der Waals surface area contributed by atoms with Crippen LogP contribution in [0.3, 0.4) is 0 Å². The minimum atomic E-state index is -0.276. The molecule has 3 heterocycles. The fourth-order valence-electron chi connectivity index (χ4n) is 3.67. The van der Waals surface area contributed by atoms with E-state index in [0.717, 1.165) is 5.69 Å². The summed E-state index contributed by atoms with van der Waals surface area (Å²) in [6.07, 6.45) is 2.10. The van der Waals surface area contributed by atoms with Crippen molar-refractivity contribution in [3.8, 4) is 22.8 Å². The Morgan fingerprint density at radius 2 is 1.70 bits per heavy atom. The minimum absolute atomic E-state index is 0.0799. The molecule has 0 unspecified atom stereocenters. The van der Waals surface area contributed by atoms with Crippen molar-refractivity contribution >= 4 is 17.5 Å². The maximum Gasteiger partial charge on any atom is 0.327 e. The summed E-state index contributed by atoms with van der Waals surface area (Å²) >= 11 is 0. The lowest BCUT2D eigenvalue weighted by atomic mass is 10.1. The maximum atomic E-state index is 13.0. The second kappa shape index (κ2) is 7.36. The highest BCUT2D eigenvalue weighted by atomic mass is 16.3. The van der Waals surface area contributed by atoms with Crippen LogP contribution < -0.4 is 10.2 Å². The number of hydrogen-bond donors (Lipinski definition) is 2. The molecule has 1 aliphatic heterocycles. The zero-order valence-electron chi connectivity index (χ0n) is 16.1. The standard InChI is InChI=1S/C23H19N5O2/c29-22-19-13-15-27(23(30)25-16-8-3-1-4-9-16)21-18(12-7-14-24-21)20(19)26-28(22)17-10-5-2-6-11-17/h1-12,14,29H,13,15H2,(H,25,30). The van der Waals surface area contributed by atoms with Crippen LogP contribution in [0.15, 0.2) is 79.0 Å². The van der Waals surface area contributed by atoms with Gasteiger partial charge in [0.05, 0.1) is 5.69 Å². The fraction of sp³-hybridized carbons (Fsp3) is 0.0870. The van der Waals surface area contributed by atoms with E-state index >= 15 is 0 Å². The SMILES string of the molecule is O=C(Nc1ccccc1)N1CCc2c(nn(-c3ccccc3)c2O)-c2cccnc21. The summed E-state index contributed by atoms with van der Waals surface area (Å²) in [5.41, 5.74) is 3.52. The first-order chi connectivity index (χ1) is 14.7. The number of para-hydroxylation sites is 2. The monoisotopic (exact) mass is 397 g/mol. The summed E-state index contributed by atoms with van der Waals surface area (Å²) in [4.78, 5) is 19.1. The van der Waals surface area contributed by atoms with Crippen molar-refractivity contribution in [1.82, 2.24) is 14.8 Å². The molecule has 0 bridgehead atoms. The second-order valence-corrected chi connectivity index (χ2v) is 6.97. The number of amides is 2. The Labute approximate surface area is 173 Å². The first kappa shape index (κ1) is 17.9. The molecule has 0 atom stereocenters. The highest BCUT2D eigenvalue weighted by Crippen LogP contribution is 2.39. The largest absolute Gasteiger partial charge is 0.493 e. The number of anilines is 2. The molecule has 30 heavy (non-hydrogen) atoms. The Balaban J connectivity index is 1.56. The molecular formula is C23H19N5O2. The molecule has 0 radical (unpaired) electrons. The van der Waals surface area contributed by atoms with E-state index in [-0.39, 0.29) is 11.9 Å². The summed E-state index contributed by atoms with van der Waals surface area (Å²) in [6.45, 7) is 0.365. The van der Waals surface area contributed by atoms with Gasteiger partial charge in [-0.15, -0.1) is 0 Å². The molecule has 1 aliphatic rings. The molecule has 2 aromatic heterocycles. The summed E-state index contributed by atoms with van der Waals surface area (Å²) < 4.78 is 1.53. The predicted octanol–water partition coefficient (Wildman–Crippen LogP) is 4.23. The van der Waals surface area contributed by atoms with E-state index < -0.39 is 0 Å². The summed E-state index contributed by atoms with van der Waals surface area (Å²) in [6, 6.07) is 22.2. The number of carbonyl (C=O) groups is 1. The van der Waals surface area contributed by atoms with Gasteiger partial charge in [-0.3, -0.25) is 4.90 Å². The van der Waals surface area contributed by atoms with Crippen LogP contribution in [0.1, 0.15) is 5.56 Å². The number of urea groups is 1. The first-order valence-corrected chi connectivity index (χ1v) is 9.67. The molecule has 7 nitrogen and oxygen atoms in total. The topological polar surface area (TPSA) is 83.3 Å². The molecule has 2 amide bonds. The predicted molar refractivity (Wildman–Crippen MR) is 115 cm³/mol. The average Bonchev–Trinajstić information content (AvgIpc) is 3.02. The van der Waals surface area contributed by atoms with Crippen molar-refractivity contribution in [3.05, 3.63) is 84.6 Å². The maximum absolute atomic E-state index is 13.0. The van der Waals surface area contributed by atoms with Gasteiger partial charge in [-0.1, -0.05) is 36.4 Å². The third-order valence-electron chi connectivity index (χ3n) is 5.11. The quantitative estimate of drug-likeness (QED) is 0.530. The van der Waals surface area contributed by atoms with E-state index in [0.29, 0.717) is 41.3 Å². The number of hydrogen-bond acceptors (Lipinski definition) is 4. The van der Waals surface area contributed by atoms with Crippen LogP contribution in [0.25, 0.3) is 16.9 Å². The van der Waals surface area contributed by atoms with E-state index in [1.54, 1.807) is 17.2 Å². The van der Waals surface area contributed by atoms with E-state index in [4.69, 9.17) is 0 Å². The summed E-state index contributed by atoms with van der Waals surface area (Å²) in [7, 11) is 0. The number of carbonyl (C=O) groups excluding carboxylic acids is 1. The van der Waals surface area contributed by atoms with Crippen molar-refractivity contribution in [3.63, 3.8) is 0 Å². The Hall–Kier alpha value is -4.13. The lowest BCUT2D eigenvalue weighted by Crippen LogP contribution is -2.36. The zero-order chi connectivity index (χ0) is 20.5. The van der Waals surface area contributed by atoms with Gasteiger partial charge in [0, 0.05) is 29.6 Å². The third kappa shape index (κ3) is 3.06. The summed E-state index contributed by atoms with van der Waals surface area (Å²) in [5, 5.41) is 18.5. The smallest absolute Gasteiger partial charge is 0.327 e. The minimum Gasteiger partial charge on any atom is -0.493 e. The van der Waals surface area contributed by atoms with E-state index in [1.807, 2.05) is 66.7 Å². The average molecular weight is 397 g/mol. The van der Waals surface area contributed by atoms with Gasteiger partial charge in [0.15, 0.2) is 0 Å². The van der Waals surface area contributed by atoms with Crippen LogP contribution in [0.5, 0.6) is 5.88 Å². The Kier molecular flexibility index (Phi) is 4.40. The number of nitrogens with zero attached hydrogens (tertiary/aromatic N) is 4. The molecule has 148 valence electrons. The number of aromatic nitrogens is 3. The van der Waals surface area contributed by atoms with Gasteiger partial charge in [0.2, 0.25) is 5.88 Å². The number of fused-ring (bicyclic) bond motifs is 3. The lowest BCUT2D eigenvalue weighted by molar-refractivity contribution is 0.257. The van der Waals surface area contributed by atoms with E-state index in [1.165, 1.54) is 4.68 Å². The number of pyridine rings is 1. The molecule has 5 rings (SSSR count). The molecule has 0 aliphatic carbocycles. The fourth-order valence-corrected chi connectivity index (χ4v) is 3.67. The van der Waals surface area contributed by atoms with Crippen LogP contribution in [-0.2, 0) is 6.42 Å². The summed E-state index contributed by atoms with van der Waals surface area (Å²) in [5.74, 6) is 0.596. The second-order valence-electron chi connectivity index (χ2n) is 6.97. The number of aromatic hydroxyl groups is 1. The molecule has 0 saturated carbocycles. The Morgan fingerprint density at radius 1 is 0.967 bits per heavy atom. The molecule has 0 fully saturated rings. The van der Waals surface area contributed by atoms with Crippen LogP contribution in [0.4, 0.5) is 16.3 Å². The van der Waals surface area contributed by atoms with Crippen LogP contribution in [0, 0.1) is 0 Å². The highest BCUT2D eigenvalue weighted by molar-refractivity contribution is 6.03. The van der Waals surface area contributed by atoms with Crippen molar-refractivity contribution in [2.45, 2.75) is 6.42 Å². The number of benzene rings is 2. The van der Waals surface area contributed by atoms with Gasteiger partial charge < -0.3 is 10.4 Å². The molecule has 0 spiro atoms. The van der Waals surface area contributed by atoms with Crippen molar-refractivity contribution in [2.24, 2.45) is 0 Å². The van der Waals surface area contributed by atoms with Gasteiger partial charge in [-0.25, -0.2) is 14.5 Å². The molecule has 4 aromatic rings. The third-order valence-corrected chi connectivity index (χ3v) is 5.11. The van der Waals surface area contributed by atoms with Gasteiger partial charge in [-0.2, -0.15) is 5.10 Å². The van der Waals surface area contributed by atoms with Crippen molar-refractivity contribution in [1.29, 1.82) is 0 Å². The normalized spacial score (nSPS) is 12.6. The number of nitrogens with one attached hydrogen (secondary N) is 1. The molecular weight excluding hydrogens is 378 g/mol. The van der Waals surface area contributed by atoms with Crippen LogP contribution in [-0.4, -0.2) is 32.4 Å². The van der Waals surface area contributed by atoms with E-state index in [9.17, 15) is 9.90 Å². The van der Waals surface area contributed by atoms with Crippen molar-refractivity contribution in [2.75, 3.05) is 16.8 Å². The lowest BCUT2D eigenvalue weighted by Gasteiger charge is -2.22. The zero-order valence-corrected chi connectivity index (χ0v) is 16.1. The van der Waals surface area contributed by atoms with Gasteiger partial charge in [0.1, 0.15) is 11.5 Å². The van der Waals surface area contributed by atoms with Gasteiger partial charge in [0.25, 0.3) is 0 Å². The molecule has 2 aromatic carbocycles. The Bertz CT molecular complexity index is 1210. The Morgan fingerprint density at radius 3 is 2.47 bits per heavy atom. The van der Waals surface area contributed by atoms with Gasteiger partial charge >= 0.3 is 6.03 Å². The number of rotatable bonds is 2. The van der Waals surface area contributed by atoms with Crippen LogP contribution >= 0.6 is 0 Å². The van der Waals surface area contributed by atoms with Crippen molar-refractivity contribution < 1.29 is 9.90 Å². The van der Waals surface area contributed by atoms with Crippen LogP contribution in [0.2, 0.25) is 0 Å². The molecule has 2 N–H and O–H groups in total. The molecule has 7 heteroatoms. The highest BCUT2D eigenvalue weighted by Gasteiger charge is 2.30. The molecule has 0 saturated heterocycles.